The van der Waals surface area contributed by atoms with Gasteiger partial charge in [-0.3, -0.25) is 5.32 Å². The highest BCUT2D eigenvalue weighted by atomic mass is 19.4. The molecule has 0 unspecified atom stereocenters. The molecule has 1 amide bonds. The first-order chi connectivity index (χ1) is 9.03. The van der Waals surface area contributed by atoms with Gasteiger partial charge in [-0.1, -0.05) is 0 Å². The van der Waals surface area contributed by atoms with E-state index in [1.165, 1.54) is 0 Å². The number of carbonyl (C=O) groups is 1. The highest BCUT2D eigenvalue weighted by Gasteiger charge is 2.31. The fourth-order valence-electron chi connectivity index (χ4n) is 1.34. The molecule has 0 heterocycles. The molecule has 108 valence electrons. The van der Waals surface area contributed by atoms with Gasteiger partial charge in [-0.25, -0.2) is 4.79 Å². The zero-order valence-corrected chi connectivity index (χ0v) is 11.1. The van der Waals surface area contributed by atoms with Crippen molar-refractivity contribution in [3.8, 4) is 6.07 Å². The topological polar surface area (TPSA) is 62.1 Å². The number of nitrogens with one attached hydrogen (secondary N) is 1. The van der Waals surface area contributed by atoms with Gasteiger partial charge in [0.25, 0.3) is 0 Å². The number of benzene rings is 1. The fourth-order valence-corrected chi connectivity index (χ4v) is 1.34. The number of ether oxygens (including phenoxy) is 1. The van der Waals surface area contributed by atoms with Crippen LogP contribution < -0.4 is 5.32 Å². The van der Waals surface area contributed by atoms with Crippen LogP contribution in [0.15, 0.2) is 18.2 Å². The number of halogens is 3. The molecule has 0 atom stereocenters. The Bertz CT molecular complexity index is 554. The Kier molecular flexibility index (Phi) is 4.28. The maximum absolute atomic E-state index is 12.5. The van der Waals surface area contributed by atoms with Gasteiger partial charge in [-0.05, 0) is 39.0 Å². The van der Waals surface area contributed by atoms with Crippen molar-refractivity contribution in [2.75, 3.05) is 5.32 Å². The summed E-state index contributed by atoms with van der Waals surface area (Å²) in [5.41, 5.74) is -2.02. The lowest BCUT2D eigenvalue weighted by atomic mass is 10.1. The third-order valence-corrected chi connectivity index (χ3v) is 2.10. The van der Waals surface area contributed by atoms with E-state index in [2.05, 4.69) is 5.32 Å². The van der Waals surface area contributed by atoms with Crippen molar-refractivity contribution in [2.45, 2.75) is 32.5 Å². The Labute approximate surface area is 114 Å². The zero-order valence-electron chi connectivity index (χ0n) is 11.1. The lowest BCUT2D eigenvalue weighted by Crippen LogP contribution is -2.27. The molecule has 0 spiro atoms. The maximum atomic E-state index is 12.5. The predicted molar refractivity (Wildman–Crippen MR) is 66.0 cm³/mol. The molecule has 1 aromatic rings. The first kappa shape index (κ1) is 15.8. The molecule has 0 aliphatic rings. The van der Waals surface area contributed by atoms with Crippen LogP contribution in [-0.2, 0) is 10.9 Å². The molecule has 0 fully saturated rings. The minimum atomic E-state index is -4.55. The van der Waals surface area contributed by atoms with Crippen molar-refractivity contribution >= 4 is 11.8 Å². The van der Waals surface area contributed by atoms with E-state index in [4.69, 9.17) is 10.00 Å². The average molecular weight is 286 g/mol. The van der Waals surface area contributed by atoms with Crippen LogP contribution in [0.5, 0.6) is 0 Å². The summed E-state index contributed by atoms with van der Waals surface area (Å²) in [6.45, 7) is 4.93. The van der Waals surface area contributed by atoms with Gasteiger partial charge in [-0.15, -0.1) is 0 Å². The summed E-state index contributed by atoms with van der Waals surface area (Å²) < 4.78 is 42.5. The normalized spacial score (nSPS) is 11.7. The summed E-state index contributed by atoms with van der Waals surface area (Å²) in [5.74, 6) is 0. The van der Waals surface area contributed by atoms with E-state index in [0.29, 0.717) is 6.07 Å². The summed E-state index contributed by atoms with van der Waals surface area (Å²) in [6.07, 6.45) is -5.38. The molecule has 1 aromatic carbocycles. The van der Waals surface area contributed by atoms with Crippen molar-refractivity contribution < 1.29 is 22.7 Å². The number of anilines is 1. The van der Waals surface area contributed by atoms with Gasteiger partial charge in [0.05, 0.1) is 16.8 Å². The van der Waals surface area contributed by atoms with Crippen molar-refractivity contribution in [2.24, 2.45) is 0 Å². The van der Waals surface area contributed by atoms with Crippen LogP contribution in [0.25, 0.3) is 0 Å². The third-order valence-electron chi connectivity index (χ3n) is 2.10. The van der Waals surface area contributed by atoms with Gasteiger partial charge in [0.2, 0.25) is 0 Å². The Morgan fingerprint density at radius 2 is 1.90 bits per heavy atom. The zero-order chi connectivity index (χ0) is 15.6. The standard InChI is InChI=1S/C13H13F3N2O2/c1-12(2,3)20-11(19)18-10-5-4-9(13(14,15)16)6-8(10)7-17/h4-6H,1-3H3,(H,18,19). The Balaban J connectivity index is 2.98. The summed E-state index contributed by atoms with van der Waals surface area (Å²) in [7, 11) is 0. The second-order valence-electron chi connectivity index (χ2n) is 5.00. The molecule has 0 radical (unpaired) electrons. The van der Waals surface area contributed by atoms with Gasteiger partial charge in [-0.2, -0.15) is 18.4 Å². The molecule has 20 heavy (non-hydrogen) atoms. The smallest absolute Gasteiger partial charge is 0.416 e. The number of rotatable bonds is 1. The largest absolute Gasteiger partial charge is 0.444 e. The highest BCUT2D eigenvalue weighted by Crippen LogP contribution is 2.31. The van der Waals surface area contributed by atoms with Crippen molar-refractivity contribution in [3.05, 3.63) is 29.3 Å². The molecule has 0 aromatic heterocycles. The molecule has 0 bridgehead atoms. The van der Waals surface area contributed by atoms with E-state index in [9.17, 15) is 18.0 Å². The molecule has 4 nitrogen and oxygen atoms in total. The first-order valence-corrected chi connectivity index (χ1v) is 5.64. The van der Waals surface area contributed by atoms with Crippen LogP contribution in [0.1, 0.15) is 31.9 Å². The van der Waals surface area contributed by atoms with E-state index < -0.39 is 23.4 Å². The molecule has 0 saturated carbocycles. The van der Waals surface area contributed by atoms with Crippen molar-refractivity contribution in [1.29, 1.82) is 5.26 Å². The monoisotopic (exact) mass is 286 g/mol. The number of alkyl halides is 3. The molecular weight excluding hydrogens is 273 g/mol. The van der Waals surface area contributed by atoms with Gasteiger partial charge in [0.1, 0.15) is 11.7 Å². The Hall–Kier alpha value is -2.23. The second kappa shape index (κ2) is 5.41. The van der Waals surface area contributed by atoms with Crippen LogP contribution >= 0.6 is 0 Å². The highest BCUT2D eigenvalue weighted by molar-refractivity contribution is 5.86. The van der Waals surface area contributed by atoms with E-state index in [0.717, 1.165) is 12.1 Å². The van der Waals surface area contributed by atoms with E-state index in [1.54, 1.807) is 26.8 Å². The van der Waals surface area contributed by atoms with Crippen LogP contribution in [0.3, 0.4) is 0 Å². The van der Waals surface area contributed by atoms with Crippen LogP contribution in [0.4, 0.5) is 23.7 Å². The first-order valence-electron chi connectivity index (χ1n) is 5.64. The minimum absolute atomic E-state index is 0.0326. The quantitative estimate of drug-likeness (QED) is 0.851. The number of carbonyl (C=O) groups excluding carboxylic acids is 1. The number of hydrogen-bond donors (Lipinski definition) is 1. The molecule has 0 saturated heterocycles. The van der Waals surface area contributed by atoms with Crippen LogP contribution in [0.2, 0.25) is 0 Å². The van der Waals surface area contributed by atoms with Crippen molar-refractivity contribution in [3.63, 3.8) is 0 Å². The van der Waals surface area contributed by atoms with Crippen LogP contribution in [-0.4, -0.2) is 11.7 Å². The minimum Gasteiger partial charge on any atom is -0.444 e. The molecule has 1 N–H and O–H groups in total. The van der Waals surface area contributed by atoms with Gasteiger partial charge in [0, 0.05) is 0 Å². The molecular formula is C13H13F3N2O2. The molecule has 0 aliphatic carbocycles. The van der Waals surface area contributed by atoms with Gasteiger partial charge >= 0.3 is 12.3 Å². The van der Waals surface area contributed by atoms with Crippen LogP contribution in [0, 0.1) is 11.3 Å². The number of amides is 1. The molecule has 7 heteroatoms. The average Bonchev–Trinajstić information content (AvgIpc) is 2.25. The van der Waals surface area contributed by atoms with Gasteiger partial charge in [0.15, 0.2) is 0 Å². The fraction of sp³-hybridized carbons (Fsp3) is 0.385. The summed E-state index contributed by atoms with van der Waals surface area (Å²) in [6, 6.07) is 4.08. The maximum Gasteiger partial charge on any atom is 0.416 e. The second-order valence-corrected chi connectivity index (χ2v) is 5.00. The lowest BCUT2D eigenvalue weighted by molar-refractivity contribution is -0.137. The third kappa shape index (κ3) is 4.46. The van der Waals surface area contributed by atoms with E-state index in [-0.39, 0.29) is 11.3 Å². The summed E-state index contributed by atoms with van der Waals surface area (Å²) in [5, 5.41) is 11.1. The van der Waals surface area contributed by atoms with Gasteiger partial charge < -0.3 is 4.74 Å². The Morgan fingerprint density at radius 3 is 2.35 bits per heavy atom. The van der Waals surface area contributed by atoms with E-state index >= 15 is 0 Å². The molecule has 0 aliphatic heterocycles. The van der Waals surface area contributed by atoms with E-state index in [1.807, 2.05) is 0 Å². The number of nitrogens with zero attached hydrogens (tertiary/aromatic N) is 1. The Morgan fingerprint density at radius 1 is 1.30 bits per heavy atom. The molecule has 1 rings (SSSR count). The summed E-state index contributed by atoms with van der Waals surface area (Å²) >= 11 is 0. The van der Waals surface area contributed by atoms with Crippen molar-refractivity contribution in [1.82, 2.24) is 0 Å². The predicted octanol–water partition coefficient (Wildman–Crippen LogP) is 3.92. The lowest BCUT2D eigenvalue weighted by Gasteiger charge is -2.20. The number of hydrogen-bond acceptors (Lipinski definition) is 3. The number of nitriles is 1. The summed E-state index contributed by atoms with van der Waals surface area (Å²) in [4.78, 5) is 11.5. The SMILES string of the molecule is CC(C)(C)OC(=O)Nc1ccc(C(F)(F)F)cc1C#N.